The lowest BCUT2D eigenvalue weighted by Gasteiger charge is -1.99. The molecule has 0 N–H and O–H groups in total. The summed E-state index contributed by atoms with van der Waals surface area (Å²) in [6.45, 7) is 0. The lowest BCUT2D eigenvalue weighted by Crippen LogP contribution is -1.86. The number of ether oxygens (including phenoxy) is 1. The summed E-state index contributed by atoms with van der Waals surface area (Å²) in [5, 5.41) is 0.826. The fourth-order valence-corrected chi connectivity index (χ4v) is 1.16. The van der Waals surface area contributed by atoms with Crippen molar-refractivity contribution in [2.45, 2.75) is 6.42 Å². The average molecular weight is 257 g/mol. The molecule has 14 heavy (non-hydrogen) atoms. The highest BCUT2D eigenvalue weighted by molar-refractivity contribution is 9.09. The van der Waals surface area contributed by atoms with Crippen LogP contribution < -0.4 is 4.74 Å². The zero-order valence-electron chi connectivity index (χ0n) is 7.81. The van der Waals surface area contributed by atoms with Crippen LogP contribution in [0.1, 0.15) is 12.0 Å². The van der Waals surface area contributed by atoms with E-state index in [0.717, 1.165) is 11.8 Å². The van der Waals surface area contributed by atoms with E-state index in [-0.39, 0.29) is 5.82 Å². The molecule has 74 valence electrons. The van der Waals surface area contributed by atoms with Gasteiger partial charge < -0.3 is 4.74 Å². The number of methoxy groups -OCH3 is 1. The summed E-state index contributed by atoms with van der Waals surface area (Å²) >= 11 is 3.26. The van der Waals surface area contributed by atoms with E-state index in [4.69, 9.17) is 4.74 Å². The van der Waals surface area contributed by atoms with Gasteiger partial charge in [-0.15, -0.1) is 0 Å². The lowest BCUT2D eigenvalue weighted by atomic mass is 10.2. The van der Waals surface area contributed by atoms with E-state index in [9.17, 15) is 4.39 Å². The van der Waals surface area contributed by atoms with Crippen LogP contribution in [0.25, 0.3) is 0 Å². The Morgan fingerprint density at radius 1 is 1.43 bits per heavy atom. The molecule has 0 amide bonds. The fourth-order valence-electron chi connectivity index (χ4n) is 0.965. The molecule has 0 aliphatic heterocycles. The maximum atomic E-state index is 13.0. The first kappa shape index (κ1) is 11.1. The minimum absolute atomic E-state index is 0.326. The molecule has 0 bridgehead atoms. The van der Waals surface area contributed by atoms with Crippen LogP contribution in [0, 0.1) is 17.7 Å². The first-order chi connectivity index (χ1) is 6.76. The van der Waals surface area contributed by atoms with Gasteiger partial charge in [0.1, 0.15) is 11.6 Å². The van der Waals surface area contributed by atoms with Gasteiger partial charge in [-0.3, -0.25) is 0 Å². The van der Waals surface area contributed by atoms with Crippen molar-refractivity contribution in [3.63, 3.8) is 0 Å². The molecule has 0 saturated heterocycles. The Bertz CT molecular complexity index is 365. The SMILES string of the molecule is COc1cc(F)cc(C#CCCBr)c1. The van der Waals surface area contributed by atoms with E-state index in [1.165, 1.54) is 19.2 Å². The van der Waals surface area contributed by atoms with E-state index in [1.54, 1.807) is 6.07 Å². The Kier molecular flexibility index (Phi) is 4.48. The van der Waals surface area contributed by atoms with Crippen molar-refractivity contribution in [2.24, 2.45) is 0 Å². The van der Waals surface area contributed by atoms with E-state index >= 15 is 0 Å². The largest absolute Gasteiger partial charge is 0.497 e. The molecule has 0 aromatic heterocycles. The van der Waals surface area contributed by atoms with Crippen molar-refractivity contribution in [2.75, 3.05) is 12.4 Å². The topological polar surface area (TPSA) is 9.23 Å². The zero-order chi connectivity index (χ0) is 10.4. The monoisotopic (exact) mass is 256 g/mol. The van der Waals surface area contributed by atoms with Gasteiger partial charge in [-0.25, -0.2) is 4.39 Å². The molecule has 0 radical (unpaired) electrons. The van der Waals surface area contributed by atoms with Gasteiger partial charge in [-0.1, -0.05) is 27.8 Å². The third-order valence-corrected chi connectivity index (χ3v) is 1.96. The molecule has 1 aromatic carbocycles. The normalized spacial score (nSPS) is 9.07. The van der Waals surface area contributed by atoms with Crippen LogP contribution in [0.3, 0.4) is 0 Å². The third kappa shape index (κ3) is 3.39. The Labute approximate surface area is 91.4 Å². The second-order valence-electron chi connectivity index (χ2n) is 2.62. The van der Waals surface area contributed by atoms with Gasteiger partial charge >= 0.3 is 0 Å². The number of benzene rings is 1. The van der Waals surface area contributed by atoms with Crippen LogP contribution in [0.15, 0.2) is 18.2 Å². The summed E-state index contributed by atoms with van der Waals surface area (Å²) in [6.07, 6.45) is 0.749. The van der Waals surface area contributed by atoms with Crippen LogP contribution in [-0.4, -0.2) is 12.4 Å². The predicted molar refractivity (Wildman–Crippen MR) is 58.2 cm³/mol. The predicted octanol–water partition coefficient (Wildman–Crippen LogP) is 2.97. The molecule has 1 aromatic rings. The highest BCUT2D eigenvalue weighted by Gasteiger charge is 1.97. The van der Waals surface area contributed by atoms with Crippen molar-refractivity contribution < 1.29 is 9.13 Å². The van der Waals surface area contributed by atoms with Gasteiger partial charge in [0, 0.05) is 23.4 Å². The number of halogens is 2. The van der Waals surface area contributed by atoms with Gasteiger partial charge in [0.05, 0.1) is 7.11 Å². The minimum atomic E-state index is -0.326. The molecule has 0 heterocycles. The summed E-state index contributed by atoms with van der Waals surface area (Å²) in [5.41, 5.74) is 0.641. The van der Waals surface area contributed by atoms with Gasteiger partial charge in [0.2, 0.25) is 0 Å². The van der Waals surface area contributed by atoms with Crippen LogP contribution in [-0.2, 0) is 0 Å². The van der Waals surface area contributed by atoms with Crippen molar-refractivity contribution in [3.8, 4) is 17.6 Å². The maximum absolute atomic E-state index is 13.0. The Hall–Kier alpha value is -1.01. The van der Waals surface area contributed by atoms with E-state index in [2.05, 4.69) is 27.8 Å². The number of rotatable bonds is 2. The second kappa shape index (κ2) is 5.66. The van der Waals surface area contributed by atoms with E-state index < -0.39 is 0 Å². The summed E-state index contributed by atoms with van der Waals surface area (Å²) in [5.74, 6) is 5.94. The number of alkyl halides is 1. The maximum Gasteiger partial charge on any atom is 0.128 e. The molecular formula is C11H10BrFO. The average Bonchev–Trinajstić information content (AvgIpc) is 2.17. The van der Waals surface area contributed by atoms with Gasteiger partial charge in [0.15, 0.2) is 0 Å². The Balaban J connectivity index is 2.88. The standard InChI is InChI=1S/C11H10BrFO/c1-14-11-7-9(4-2-3-5-12)6-10(13)8-11/h6-8H,3,5H2,1H3. The van der Waals surface area contributed by atoms with Gasteiger partial charge in [-0.2, -0.15) is 0 Å². The van der Waals surface area contributed by atoms with Crippen LogP contribution in [0.2, 0.25) is 0 Å². The van der Waals surface area contributed by atoms with Crippen molar-refractivity contribution >= 4 is 15.9 Å². The van der Waals surface area contributed by atoms with Gasteiger partial charge in [0.25, 0.3) is 0 Å². The summed E-state index contributed by atoms with van der Waals surface area (Å²) in [4.78, 5) is 0. The highest BCUT2D eigenvalue weighted by Crippen LogP contribution is 2.14. The smallest absolute Gasteiger partial charge is 0.128 e. The molecule has 0 aliphatic carbocycles. The Morgan fingerprint density at radius 2 is 2.21 bits per heavy atom. The van der Waals surface area contributed by atoms with E-state index in [1.807, 2.05) is 0 Å². The second-order valence-corrected chi connectivity index (χ2v) is 3.41. The third-order valence-electron chi connectivity index (χ3n) is 1.56. The molecule has 0 unspecified atom stereocenters. The number of hydrogen-bond acceptors (Lipinski definition) is 1. The summed E-state index contributed by atoms with van der Waals surface area (Å²) in [6, 6.07) is 4.43. The summed E-state index contributed by atoms with van der Waals surface area (Å²) < 4.78 is 17.9. The molecule has 1 nitrogen and oxygen atoms in total. The van der Waals surface area contributed by atoms with Crippen LogP contribution >= 0.6 is 15.9 Å². The first-order valence-corrected chi connectivity index (χ1v) is 5.28. The van der Waals surface area contributed by atoms with Crippen molar-refractivity contribution in [1.82, 2.24) is 0 Å². The molecule has 0 aliphatic rings. The van der Waals surface area contributed by atoms with Crippen molar-refractivity contribution in [3.05, 3.63) is 29.6 Å². The zero-order valence-corrected chi connectivity index (χ0v) is 9.40. The van der Waals surface area contributed by atoms with Crippen molar-refractivity contribution in [1.29, 1.82) is 0 Å². The van der Waals surface area contributed by atoms with Gasteiger partial charge in [-0.05, 0) is 12.1 Å². The highest BCUT2D eigenvalue weighted by atomic mass is 79.9. The summed E-state index contributed by atoms with van der Waals surface area (Å²) in [7, 11) is 1.50. The Morgan fingerprint density at radius 3 is 2.86 bits per heavy atom. The van der Waals surface area contributed by atoms with Crippen LogP contribution in [0.4, 0.5) is 4.39 Å². The molecule has 0 saturated carbocycles. The first-order valence-electron chi connectivity index (χ1n) is 4.15. The van der Waals surface area contributed by atoms with Crippen LogP contribution in [0.5, 0.6) is 5.75 Å². The molecule has 0 fully saturated rings. The number of hydrogen-bond donors (Lipinski definition) is 0. The molecule has 0 atom stereocenters. The minimum Gasteiger partial charge on any atom is -0.497 e. The molecule has 1 rings (SSSR count). The fraction of sp³-hybridized carbons (Fsp3) is 0.273. The molecular weight excluding hydrogens is 247 g/mol. The molecule has 3 heteroatoms. The molecule has 0 spiro atoms. The lowest BCUT2D eigenvalue weighted by molar-refractivity contribution is 0.411. The quantitative estimate of drug-likeness (QED) is 0.584. The van der Waals surface area contributed by atoms with E-state index in [0.29, 0.717) is 11.3 Å².